The van der Waals surface area contributed by atoms with Crippen LogP contribution in [0.4, 0.5) is 0 Å². The summed E-state index contributed by atoms with van der Waals surface area (Å²) in [7, 11) is -3.20. The number of rotatable bonds is 3. The van der Waals surface area contributed by atoms with Gasteiger partial charge in [0.25, 0.3) is 0 Å². The van der Waals surface area contributed by atoms with Gasteiger partial charge >= 0.3 is 0 Å². The molecule has 0 bridgehead atoms. The molecule has 3 heterocycles. The van der Waals surface area contributed by atoms with Gasteiger partial charge in [-0.05, 0) is 25.5 Å². The predicted molar refractivity (Wildman–Crippen MR) is 91.2 cm³/mol. The SMILES string of the molecule is Cc1nc2ccccn2c1CC(=O)N1CCCN(S(C)(=O)=O)CC1. The highest BCUT2D eigenvalue weighted by Gasteiger charge is 2.24. The first kappa shape index (κ1) is 16.9. The number of imidazole rings is 1. The minimum Gasteiger partial charge on any atom is -0.341 e. The van der Waals surface area contributed by atoms with Gasteiger partial charge in [0.2, 0.25) is 15.9 Å². The Bertz CT molecular complexity index is 859. The van der Waals surface area contributed by atoms with E-state index < -0.39 is 10.0 Å². The third kappa shape index (κ3) is 3.44. The zero-order chi connectivity index (χ0) is 17.3. The monoisotopic (exact) mass is 350 g/mol. The molecule has 1 fully saturated rings. The zero-order valence-electron chi connectivity index (χ0n) is 14.0. The van der Waals surface area contributed by atoms with Crippen LogP contribution in [0.3, 0.4) is 0 Å². The fraction of sp³-hybridized carbons (Fsp3) is 0.500. The molecule has 0 saturated carbocycles. The third-order valence-electron chi connectivity index (χ3n) is 4.42. The fourth-order valence-corrected chi connectivity index (χ4v) is 3.98. The van der Waals surface area contributed by atoms with Gasteiger partial charge in [0, 0.05) is 32.4 Å². The summed E-state index contributed by atoms with van der Waals surface area (Å²) in [5.74, 6) is 0.0131. The molecule has 0 aromatic carbocycles. The number of hydrogen-bond acceptors (Lipinski definition) is 4. The summed E-state index contributed by atoms with van der Waals surface area (Å²) in [6.45, 7) is 3.75. The average Bonchev–Trinajstić information content (AvgIpc) is 2.71. The molecule has 2 aromatic heterocycles. The Labute approximate surface area is 141 Å². The number of nitrogens with zero attached hydrogens (tertiary/aromatic N) is 4. The largest absolute Gasteiger partial charge is 0.341 e. The summed E-state index contributed by atoms with van der Waals surface area (Å²) >= 11 is 0. The number of pyridine rings is 1. The molecule has 3 rings (SSSR count). The Balaban J connectivity index is 1.74. The number of sulfonamides is 1. The lowest BCUT2D eigenvalue weighted by atomic mass is 10.2. The van der Waals surface area contributed by atoms with Gasteiger partial charge in [-0.15, -0.1) is 0 Å². The van der Waals surface area contributed by atoms with Crippen LogP contribution >= 0.6 is 0 Å². The van der Waals surface area contributed by atoms with Crippen LogP contribution in [0.25, 0.3) is 5.65 Å². The molecule has 130 valence electrons. The van der Waals surface area contributed by atoms with Gasteiger partial charge in [0.05, 0.1) is 24.1 Å². The van der Waals surface area contributed by atoms with E-state index in [0.29, 0.717) is 32.6 Å². The molecule has 1 saturated heterocycles. The average molecular weight is 350 g/mol. The Morgan fingerprint density at radius 1 is 1.21 bits per heavy atom. The van der Waals surface area contributed by atoms with Crippen molar-refractivity contribution in [2.45, 2.75) is 19.8 Å². The highest BCUT2D eigenvalue weighted by Crippen LogP contribution is 2.15. The lowest BCUT2D eigenvalue weighted by Crippen LogP contribution is -2.37. The van der Waals surface area contributed by atoms with E-state index in [2.05, 4.69) is 4.98 Å². The normalized spacial score (nSPS) is 17.2. The highest BCUT2D eigenvalue weighted by molar-refractivity contribution is 7.88. The van der Waals surface area contributed by atoms with Crippen molar-refractivity contribution in [2.75, 3.05) is 32.4 Å². The second-order valence-electron chi connectivity index (χ2n) is 6.15. The van der Waals surface area contributed by atoms with Crippen LogP contribution in [0.1, 0.15) is 17.8 Å². The molecular formula is C16H22N4O3S. The van der Waals surface area contributed by atoms with Gasteiger partial charge < -0.3 is 9.30 Å². The number of carbonyl (C=O) groups excluding carboxylic acids is 1. The van der Waals surface area contributed by atoms with Crippen molar-refractivity contribution in [1.82, 2.24) is 18.6 Å². The lowest BCUT2D eigenvalue weighted by Gasteiger charge is -2.21. The van der Waals surface area contributed by atoms with Crippen molar-refractivity contribution in [2.24, 2.45) is 0 Å². The summed E-state index contributed by atoms with van der Waals surface area (Å²) in [6.07, 6.45) is 4.05. The summed E-state index contributed by atoms with van der Waals surface area (Å²) in [5.41, 5.74) is 2.57. The van der Waals surface area contributed by atoms with Crippen LogP contribution in [0, 0.1) is 6.92 Å². The van der Waals surface area contributed by atoms with Crippen molar-refractivity contribution in [3.05, 3.63) is 35.8 Å². The number of amides is 1. The van der Waals surface area contributed by atoms with Gasteiger partial charge in [-0.1, -0.05) is 6.07 Å². The number of hydrogen-bond donors (Lipinski definition) is 0. The van der Waals surface area contributed by atoms with E-state index >= 15 is 0 Å². The first-order valence-corrected chi connectivity index (χ1v) is 9.86. The van der Waals surface area contributed by atoms with Crippen LogP contribution < -0.4 is 0 Å². The van der Waals surface area contributed by atoms with Gasteiger partial charge in [0.1, 0.15) is 5.65 Å². The molecule has 24 heavy (non-hydrogen) atoms. The molecule has 8 heteroatoms. The Hall–Kier alpha value is -1.93. The summed E-state index contributed by atoms with van der Waals surface area (Å²) in [6, 6.07) is 5.75. The number of aryl methyl sites for hydroxylation is 1. The first-order chi connectivity index (χ1) is 11.4. The molecule has 2 aromatic rings. The Morgan fingerprint density at radius 3 is 2.75 bits per heavy atom. The third-order valence-corrected chi connectivity index (χ3v) is 5.73. The highest BCUT2D eigenvalue weighted by atomic mass is 32.2. The van der Waals surface area contributed by atoms with Crippen molar-refractivity contribution >= 4 is 21.6 Å². The molecular weight excluding hydrogens is 328 g/mol. The van der Waals surface area contributed by atoms with E-state index in [-0.39, 0.29) is 12.3 Å². The van der Waals surface area contributed by atoms with Crippen molar-refractivity contribution < 1.29 is 13.2 Å². The topological polar surface area (TPSA) is 75.0 Å². The maximum absolute atomic E-state index is 12.7. The molecule has 0 aliphatic carbocycles. The van der Waals surface area contributed by atoms with Crippen molar-refractivity contribution in [3.8, 4) is 0 Å². The molecule has 1 aliphatic rings. The number of carbonyl (C=O) groups is 1. The standard InChI is InChI=1S/C16H22N4O3S/c1-13-14(20-9-4-3-6-15(20)17-13)12-16(21)18-7-5-8-19(11-10-18)24(2,22)23/h3-4,6,9H,5,7-8,10-12H2,1-2H3. The summed E-state index contributed by atoms with van der Waals surface area (Å²) in [4.78, 5) is 18.9. The molecule has 7 nitrogen and oxygen atoms in total. The van der Waals surface area contributed by atoms with E-state index in [1.807, 2.05) is 35.7 Å². The fourth-order valence-electron chi connectivity index (χ4n) is 3.11. The number of aromatic nitrogens is 2. The zero-order valence-corrected chi connectivity index (χ0v) is 14.8. The van der Waals surface area contributed by atoms with Crippen LogP contribution in [0.15, 0.2) is 24.4 Å². The summed E-state index contributed by atoms with van der Waals surface area (Å²) < 4.78 is 26.7. The van der Waals surface area contributed by atoms with Crippen LogP contribution in [0.2, 0.25) is 0 Å². The smallest absolute Gasteiger partial charge is 0.228 e. The van der Waals surface area contributed by atoms with Crippen LogP contribution in [-0.2, 0) is 21.2 Å². The van der Waals surface area contributed by atoms with E-state index in [1.165, 1.54) is 10.6 Å². The molecule has 0 atom stereocenters. The lowest BCUT2D eigenvalue weighted by molar-refractivity contribution is -0.130. The van der Waals surface area contributed by atoms with Crippen LogP contribution in [0.5, 0.6) is 0 Å². The van der Waals surface area contributed by atoms with Gasteiger partial charge in [0.15, 0.2) is 0 Å². The maximum atomic E-state index is 12.7. The van der Waals surface area contributed by atoms with E-state index in [4.69, 9.17) is 0 Å². The van der Waals surface area contributed by atoms with Gasteiger partial charge in [-0.3, -0.25) is 4.79 Å². The minimum atomic E-state index is -3.20. The minimum absolute atomic E-state index is 0.0131. The van der Waals surface area contributed by atoms with Gasteiger partial charge in [-0.2, -0.15) is 0 Å². The Morgan fingerprint density at radius 2 is 2.00 bits per heavy atom. The molecule has 1 amide bonds. The first-order valence-electron chi connectivity index (χ1n) is 8.02. The second kappa shape index (κ2) is 6.52. The molecule has 0 spiro atoms. The number of fused-ring (bicyclic) bond motifs is 1. The Kier molecular flexibility index (Phi) is 4.60. The molecule has 0 N–H and O–H groups in total. The van der Waals surface area contributed by atoms with Crippen molar-refractivity contribution in [1.29, 1.82) is 0 Å². The van der Waals surface area contributed by atoms with Crippen LogP contribution in [-0.4, -0.2) is 65.3 Å². The van der Waals surface area contributed by atoms with E-state index in [0.717, 1.165) is 17.0 Å². The van der Waals surface area contributed by atoms with Gasteiger partial charge in [-0.25, -0.2) is 17.7 Å². The predicted octanol–water partition coefficient (Wildman–Crippen LogP) is 0.679. The maximum Gasteiger partial charge on any atom is 0.228 e. The van der Waals surface area contributed by atoms with E-state index in [9.17, 15) is 13.2 Å². The molecule has 0 radical (unpaired) electrons. The van der Waals surface area contributed by atoms with E-state index in [1.54, 1.807) is 4.90 Å². The quantitative estimate of drug-likeness (QED) is 0.816. The summed E-state index contributed by atoms with van der Waals surface area (Å²) in [5, 5.41) is 0. The second-order valence-corrected chi connectivity index (χ2v) is 8.13. The molecule has 1 aliphatic heterocycles. The molecule has 0 unspecified atom stereocenters. The van der Waals surface area contributed by atoms with Crippen molar-refractivity contribution in [3.63, 3.8) is 0 Å².